The molecule has 0 heterocycles. The third-order valence-corrected chi connectivity index (χ3v) is 3.24. The van der Waals surface area contributed by atoms with Crippen molar-refractivity contribution in [2.75, 3.05) is 0 Å². The monoisotopic (exact) mass is 223 g/mol. The second-order valence-corrected chi connectivity index (χ2v) is 4.69. The van der Waals surface area contributed by atoms with Crippen molar-refractivity contribution in [3.63, 3.8) is 0 Å². The van der Waals surface area contributed by atoms with Gasteiger partial charge in [-0.25, -0.2) is 4.79 Å². The Kier molecular flexibility index (Phi) is 3.27. The van der Waals surface area contributed by atoms with Crippen LogP contribution in [0.2, 0.25) is 0 Å². The maximum Gasteiger partial charge on any atom is 0.326 e. The lowest BCUT2D eigenvalue weighted by Gasteiger charge is -2.14. The summed E-state index contributed by atoms with van der Waals surface area (Å²) in [5, 5.41) is 11.6. The molecule has 2 atom stereocenters. The average molecular weight is 223 g/mol. The minimum Gasteiger partial charge on any atom is -0.480 e. The predicted molar refractivity (Wildman–Crippen MR) is 58.8 cm³/mol. The van der Waals surface area contributed by atoms with Crippen molar-refractivity contribution >= 4 is 11.9 Å². The molecule has 0 radical (unpaired) electrons. The van der Waals surface area contributed by atoms with E-state index in [1.165, 1.54) is 0 Å². The molecule has 16 heavy (non-hydrogen) atoms. The number of rotatable bonds is 5. The van der Waals surface area contributed by atoms with Crippen molar-refractivity contribution in [3.8, 4) is 0 Å². The summed E-state index contributed by atoms with van der Waals surface area (Å²) < 4.78 is 0. The minimum atomic E-state index is -0.905. The van der Waals surface area contributed by atoms with Crippen LogP contribution in [0.15, 0.2) is 12.2 Å². The Hall–Kier alpha value is -1.32. The molecule has 0 aliphatic heterocycles. The van der Waals surface area contributed by atoms with Gasteiger partial charge >= 0.3 is 5.97 Å². The van der Waals surface area contributed by atoms with Gasteiger partial charge in [0.15, 0.2) is 0 Å². The van der Waals surface area contributed by atoms with E-state index in [0.717, 1.165) is 25.7 Å². The third kappa shape index (κ3) is 2.84. The van der Waals surface area contributed by atoms with E-state index >= 15 is 0 Å². The Morgan fingerprint density at radius 3 is 2.62 bits per heavy atom. The van der Waals surface area contributed by atoms with Gasteiger partial charge in [-0.1, -0.05) is 12.2 Å². The molecule has 2 aliphatic rings. The zero-order valence-electron chi connectivity index (χ0n) is 9.19. The molecule has 2 unspecified atom stereocenters. The molecule has 1 saturated carbocycles. The van der Waals surface area contributed by atoms with E-state index in [4.69, 9.17) is 5.11 Å². The molecule has 0 spiro atoms. The molecule has 2 N–H and O–H groups in total. The lowest BCUT2D eigenvalue weighted by atomic mass is 10.0. The molecule has 4 heteroatoms. The normalized spacial score (nSPS) is 25.4. The number of carboxylic acid groups (broad SMARTS) is 1. The Labute approximate surface area is 94.7 Å². The van der Waals surface area contributed by atoms with Crippen LogP contribution >= 0.6 is 0 Å². The second-order valence-electron chi connectivity index (χ2n) is 4.69. The van der Waals surface area contributed by atoms with Crippen LogP contribution < -0.4 is 5.32 Å². The van der Waals surface area contributed by atoms with Gasteiger partial charge in [0.1, 0.15) is 6.04 Å². The van der Waals surface area contributed by atoms with Crippen LogP contribution in [0.4, 0.5) is 0 Å². The first kappa shape index (κ1) is 11.2. The fourth-order valence-corrected chi connectivity index (χ4v) is 2.15. The number of carbonyl (C=O) groups is 2. The van der Waals surface area contributed by atoms with Gasteiger partial charge in [0.25, 0.3) is 0 Å². The van der Waals surface area contributed by atoms with Crippen molar-refractivity contribution in [2.45, 2.75) is 38.1 Å². The molecular weight excluding hydrogens is 206 g/mol. The van der Waals surface area contributed by atoms with Crippen molar-refractivity contribution in [3.05, 3.63) is 12.2 Å². The summed E-state index contributed by atoms with van der Waals surface area (Å²) in [6, 6.07) is -0.669. The van der Waals surface area contributed by atoms with Gasteiger partial charge in [-0.15, -0.1) is 0 Å². The fourth-order valence-electron chi connectivity index (χ4n) is 2.15. The van der Waals surface area contributed by atoms with Gasteiger partial charge in [-0.05, 0) is 37.5 Å². The highest BCUT2D eigenvalue weighted by molar-refractivity contribution is 5.84. The van der Waals surface area contributed by atoms with E-state index < -0.39 is 12.0 Å². The summed E-state index contributed by atoms with van der Waals surface area (Å²) in [5.74, 6) is -0.581. The van der Waals surface area contributed by atoms with Crippen LogP contribution in [-0.4, -0.2) is 23.0 Å². The van der Waals surface area contributed by atoms with E-state index in [1.54, 1.807) is 0 Å². The molecule has 1 fully saturated rings. The molecule has 0 aromatic heterocycles. The van der Waals surface area contributed by atoms with Crippen LogP contribution in [0.5, 0.6) is 0 Å². The van der Waals surface area contributed by atoms with Gasteiger partial charge in [-0.3, -0.25) is 4.79 Å². The standard InChI is InChI=1S/C12H17NO3/c14-10(7-8-3-1-2-4-8)13-11(12(15)16)9-5-6-9/h1,3,8-9,11H,2,4-7H2,(H,13,14)(H,15,16). The van der Waals surface area contributed by atoms with Crippen molar-refractivity contribution in [1.82, 2.24) is 5.32 Å². The lowest BCUT2D eigenvalue weighted by Crippen LogP contribution is -2.42. The van der Waals surface area contributed by atoms with Gasteiger partial charge in [0, 0.05) is 6.42 Å². The lowest BCUT2D eigenvalue weighted by molar-refractivity contribution is -0.142. The Balaban J connectivity index is 1.80. The van der Waals surface area contributed by atoms with E-state index in [1.807, 2.05) is 6.08 Å². The van der Waals surface area contributed by atoms with Gasteiger partial charge in [0.05, 0.1) is 0 Å². The maximum atomic E-state index is 11.6. The molecule has 2 aliphatic carbocycles. The highest BCUT2D eigenvalue weighted by atomic mass is 16.4. The van der Waals surface area contributed by atoms with E-state index in [0.29, 0.717) is 12.3 Å². The largest absolute Gasteiger partial charge is 0.480 e. The Bertz CT molecular complexity index is 320. The van der Waals surface area contributed by atoms with E-state index in [9.17, 15) is 9.59 Å². The number of carboxylic acids is 1. The predicted octanol–water partition coefficient (Wildman–Crippen LogP) is 1.32. The SMILES string of the molecule is O=C(CC1C=CCC1)NC(C(=O)O)C1CC1. The molecule has 1 amide bonds. The molecule has 88 valence electrons. The number of hydrogen-bond acceptors (Lipinski definition) is 2. The molecule has 0 bridgehead atoms. The number of hydrogen-bond donors (Lipinski definition) is 2. The highest BCUT2D eigenvalue weighted by Gasteiger charge is 2.37. The molecule has 0 aromatic carbocycles. The number of amides is 1. The molecule has 2 rings (SSSR count). The minimum absolute atomic E-state index is 0.129. The number of nitrogens with one attached hydrogen (secondary N) is 1. The van der Waals surface area contributed by atoms with Crippen LogP contribution in [0.1, 0.15) is 32.1 Å². The first-order valence-electron chi connectivity index (χ1n) is 5.85. The summed E-state index contributed by atoms with van der Waals surface area (Å²) in [6.07, 6.45) is 8.42. The van der Waals surface area contributed by atoms with Crippen LogP contribution in [0.3, 0.4) is 0 Å². The fraction of sp³-hybridized carbons (Fsp3) is 0.667. The van der Waals surface area contributed by atoms with E-state index in [2.05, 4.69) is 11.4 Å². The number of carbonyl (C=O) groups excluding carboxylic acids is 1. The van der Waals surface area contributed by atoms with Crippen molar-refractivity contribution in [2.24, 2.45) is 11.8 Å². The van der Waals surface area contributed by atoms with Crippen molar-refractivity contribution < 1.29 is 14.7 Å². The second kappa shape index (κ2) is 4.68. The molecule has 4 nitrogen and oxygen atoms in total. The Morgan fingerprint density at radius 1 is 1.38 bits per heavy atom. The molecular formula is C12H17NO3. The van der Waals surface area contributed by atoms with Gasteiger partial charge < -0.3 is 10.4 Å². The van der Waals surface area contributed by atoms with E-state index in [-0.39, 0.29) is 11.8 Å². The van der Waals surface area contributed by atoms with Crippen LogP contribution in [-0.2, 0) is 9.59 Å². The van der Waals surface area contributed by atoms with Crippen molar-refractivity contribution in [1.29, 1.82) is 0 Å². The van der Waals surface area contributed by atoms with Crippen LogP contribution in [0.25, 0.3) is 0 Å². The summed E-state index contributed by atoms with van der Waals surface area (Å²) in [4.78, 5) is 22.6. The smallest absolute Gasteiger partial charge is 0.326 e. The Morgan fingerprint density at radius 2 is 2.12 bits per heavy atom. The summed E-state index contributed by atoms with van der Waals surface area (Å²) in [7, 11) is 0. The topological polar surface area (TPSA) is 66.4 Å². The molecule has 0 aromatic rings. The first-order valence-corrected chi connectivity index (χ1v) is 5.85. The van der Waals surface area contributed by atoms with Gasteiger partial charge in [-0.2, -0.15) is 0 Å². The first-order chi connectivity index (χ1) is 7.66. The van der Waals surface area contributed by atoms with Crippen LogP contribution in [0, 0.1) is 11.8 Å². The summed E-state index contributed by atoms with van der Waals surface area (Å²) >= 11 is 0. The molecule has 0 saturated heterocycles. The maximum absolute atomic E-state index is 11.6. The summed E-state index contributed by atoms with van der Waals surface area (Å²) in [5.41, 5.74) is 0. The zero-order valence-corrected chi connectivity index (χ0v) is 9.19. The quantitative estimate of drug-likeness (QED) is 0.691. The van der Waals surface area contributed by atoms with Gasteiger partial charge in [0.2, 0.25) is 5.91 Å². The highest BCUT2D eigenvalue weighted by Crippen LogP contribution is 2.33. The number of allylic oxidation sites excluding steroid dienone is 2. The summed E-state index contributed by atoms with van der Waals surface area (Å²) in [6.45, 7) is 0. The third-order valence-electron chi connectivity index (χ3n) is 3.24. The number of aliphatic carboxylic acids is 1. The average Bonchev–Trinajstić information content (AvgIpc) is 2.94. The zero-order chi connectivity index (χ0) is 11.5.